The Morgan fingerprint density at radius 3 is 2.92 bits per heavy atom. The number of hydrogen-bond donors (Lipinski definition) is 2. The highest BCUT2D eigenvalue weighted by Gasteiger charge is 2.08. The fourth-order valence-corrected chi connectivity index (χ4v) is 1.47. The highest BCUT2D eigenvalue weighted by molar-refractivity contribution is 9.10. The molecule has 0 amide bonds. The van der Waals surface area contributed by atoms with Gasteiger partial charge in [0.2, 0.25) is 0 Å². The highest BCUT2D eigenvalue weighted by Crippen LogP contribution is 2.19. The molecule has 1 heterocycles. The number of halogens is 1. The normalized spacial score (nSPS) is 13.0. The summed E-state index contributed by atoms with van der Waals surface area (Å²) in [6, 6.07) is 1.86. The first-order valence-corrected chi connectivity index (χ1v) is 4.52. The molecule has 0 aromatic carbocycles. The van der Waals surface area contributed by atoms with Gasteiger partial charge in [-0.3, -0.25) is 0 Å². The summed E-state index contributed by atoms with van der Waals surface area (Å²) in [7, 11) is 0. The molecule has 0 bridgehead atoms. The van der Waals surface area contributed by atoms with Crippen LogP contribution < -0.4 is 11.5 Å². The van der Waals surface area contributed by atoms with Gasteiger partial charge in [-0.1, -0.05) is 6.07 Å². The van der Waals surface area contributed by atoms with Crippen LogP contribution in [0.1, 0.15) is 17.2 Å². The van der Waals surface area contributed by atoms with Crippen LogP contribution >= 0.6 is 15.9 Å². The van der Waals surface area contributed by atoms with Gasteiger partial charge in [0.15, 0.2) is 0 Å². The van der Waals surface area contributed by atoms with Crippen molar-refractivity contribution in [2.24, 2.45) is 11.5 Å². The molecule has 4 heteroatoms. The number of nitrogens with zero attached hydrogens (tertiary/aromatic N) is 1. The maximum absolute atomic E-state index is 5.77. The molecule has 1 aromatic rings. The Hall–Kier alpha value is -0.450. The summed E-state index contributed by atoms with van der Waals surface area (Å²) in [6.45, 7) is 2.41. The van der Waals surface area contributed by atoms with Crippen molar-refractivity contribution in [3.8, 4) is 0 Å². The number of rotatable bonds is 2. The van der Waals surface area contributed by atoms with Crippen molar-refractivity contribution in [2.75, 3.05) is 6.54 Å². The molecule has 1 aromatic heterocycles. The van der Waals surface area contributed by atoms with E-state index in [0.717, 1.165) is 15.7 Å². The molecule has 66 valence electrons. The molecule has 3 nitrogen and oxygen atoms in total. The van der Waals surface area contributed by atoms with E-state index in [-0.39, 0.29) is 6.04 Å². The smallest absolute Gasteiger partial charge is 0.110 e. The second-order valence-electron chi connectivity index (χ2n) is 2.73. The Morgan fingerprint density at radius 1 is 1.67 bits per heavy atom. The molecule has 0 fully saturated rings. The minimum absolute atomic E-state index is 0.133. The third-order valence-corrected chi connectivity index (χ3v) is 2.32. The van der Waals surface area contributed by atoms with Crippen LogP contribution in [0.25, 0.3) is 0 Å². The number of aromatic nitrogens is 1. The molecule has 0 aliphatic heterocycles. The zero-order valence-corrected chi connectivity index (χ0v) is 8.51. The van der Waals surface area contributed by atoms with E-state index in [9.17, 15) is 0 Å². The van der Waals surface area contributed by atoms with Gasteiger partial charge in [0.05, 0.1) is 0 Å². The quantitative estimate of drug-likeness (QED) is 0.748. The van der Waals surface area contributed by atoms with Crippen LogP contribution in [0.15, 0.2) is 16.9 Å². The van der Waals surface area contributed by atoms with Crippen molar-refractivity contribution in [3.63, 3.8) is 0 Å². The lowest BCUT2D eigenvalue weighted by Crippen LogP contribution is -2.21. The van der Waals surface area contributed by atoms with Gasteiger partial charge in [-0.25, -0.2) is 4.98 Å². The largest absolute Gasteiger partial charge is 0.329 e. The minimum Gasteiger partial charge on any atom is -0.329 e. The van der Waals surface area contributed by atoms with E-state index >= 15 is 0 Å². The van der Waals surface area contributed by atoms with Crippen molar-refractivity contribution in [1.82, 2.24) is 4.98 Å². The van der Waals surface area contributed by atoms with Crippen molar-refractivity contribution < 1.29 is 0 Å². The molecule has 0 aliphatic rings. The number of pyridine rings is 1. The van der Waals surface area contributed by atoms with E-state index in [4.69, 9.17) is 11.5 Å². The second kappa shape index (κ2) is 3.98. The summed E-state index contributed by atoms with van der Waals surface area (Å²) in [5, 5.41) is 0. The van der Waals surface area contributed by atoms with Crippen molar-refractivity contribution in [1.29, 1.82) is 0 Å². The van der Waals surface area contributed by atoms with Gasteiger partial charge in [-0.15, -0.1) is 0 Å². The van der Waals surface area contributed by atoms with Crippen LogP contribution in [0.4, 0.5) is 0 Å². The van der Waals surface area contributed by atoms with Crippen molar-refractivity contribution in [3.05, 3.63) is 28.0 Å². The summed E-state index contributed by atoms with van der Waals surface area (Å²) in [5.74, 6) is 0. The molecule has 12 heavy (non-hydrogen) atoms. The number of aryl methyl sites for hydroxylation is 1. The predicted molar refractivity (Wildman–Crippen MR) is 52.7 cm³/mol. The molecule has 0 aliphatic carbocycles. The van der Waals surface area contributed by atoms with Crippen LogP contribution in [0, 0.1) is 6.92 Å². The fraction of sp³-hybridized carbons (Fsp3) is 0.375. The van der Waals surface area contributed by atoms with Gasteiger partial charge in [0.1, 0.15) is 4.60 Å². The molecule has 0 saturated heterocycles. The van der Waals surface area contributed by atoms with Gasteiger partial charge in [0, 0.05) is 24.3 Å². The van der Waals surface area contributed by atoms with E-state index in [2.05, 4.69) is 20.9 Å². The van der Waals surface area contributed by atoms with E-state index in [0.29, 0.717) is 6.54 Å². The van der Waals surface area contributed by atoms with E-state index in [1.165, 1.54) is 0 Å². The van der Waals surface area contributed by atoms with Crippen LogP contribution in [-0.4, -0.2) is 11.5 Å². The van der Waals surface area contributed by atoms with E-state index in [1.807, 2.05) is 13.0 Å². The topological polar surface area (TPSA) is 64.9 Å². The average molecular weight is 230 g/mol. The first-order chi connectivity index (χ1) is 5.65. The van der Waals surface area contributed by atoms with Crippen LogP contribution in [-0.2, 0) is 0 Å². The zero-order chi connectivity index (χ0) is 9.14. The lowest BCUT2D eigenvalue weighted by atomic mass is 10.1. The zero-order valence-electron chi connectivity index (χ0n) is 6.92. The predicted octanol–water partition coefficient (Wildman–Crippen LogP) is 1.11. The average Bonchev–Trinajstić information content (AvgIpc) is 2.08. The van der Waals surface area contributed by atoms with Crippen LogP contribution in [0.3, 0.4) is 0 Å². The van der Waals surface area contributed by atoms with Crippen molar-refractivity contribution in [2.45, 2.75) is 13.0 Å². The van der Waals surface area contributed by atoms with Gasteiger partial charge in [-0.05, 0) is 28.4 Å². The maximum atomic E-state index is 5.77. The summed E-state index contributed by atoms with van der Waals surface area (Å²) in [6.07, 6.45) is 1.79. The molecule has 1 atom stereocenters. The Kier molecular flexibility index (Phi) is 3.20. The maximum Gasteiger partial charge on any atom is 0.110 e. The summed E-state index contributed by atoms with van der Waals surface area (Å²) < 4.78 is 0.783. The lowest BCUT2D eigenvalue weighted by molar-refractivity contribution is 0.727. The molecule has 0 spiro atoms. The molecule has 0 unspecified atom stereocenters. The Bertz CT molecular complexity index is 275. The first-order valence-electron chi connectivity index (χ1n) is 3.73. The first kappa shape index (κ1) is 9.64. The van der Waals surface area contributed by atoms with Crippen LogP contribution in [0.2, 0.25) is 0 Å². The third-order valence-electron chi connectivity index (χ3n) is 1.66. The van der Waals surface area contributed by atoms with Gasteiger partial charge < -0.3 is 11.5 Å². The molecular formula is C8H12BrN3. The van der Waals surface area contributed by atoms with Crippen LogP contribution in [0.5, 0.6) is 0 Å². The van der Waals surface area contributed by atoms with Gasteiger partial charge in [-0.2, -0.15) is 0 Å². The number of nitrogens with two attached hydrogens (primary N) is 2. The monoisotopic (exact) mass is 229 g/mol. The standard InChI is InChI=1S/C8H12BrN3/c1-5-2-6(7(11)3-10)8(9)12-4-5/h2,4,7H,3,10-11H2,1H3/t7-/m0/s1. The second-order valence-corrected chi connectivity index (χ2v) is 3.49. The fourth-order valence-electron chi connectivity index (χ4n) is 0.962. The molecule has 0 radical (unpaired) electrons. The van der Waals surface area contributed by atoms with E-state index < -0.39 is 0 Å². The third kappa shape index (κ3) is 2.03. The molecule has 1 rings (SSSR count). The molecular weight excluding hydrogens is 218 g/mol. The van der Waals surface area contributed by atoms with Gasteiger partial charge in [0.25, 0.3) is 0 Å². The highest BCUT2D eigenvalue weighted by atomic mass is 79.9. The summed E-state index contributed by atoms with van der Waals surface area (Å²) >= 11 is 3.33. The Labute approximate surface area is 80.3 Å². The lowest BCUT2D eigenvalue weighted by Gasteiger charge is -2.10. The molecule has 4 N–H and O–H groups in total. The van der Waals surface area contributed by atoms with Gasteiger partial charge >= 0.3 is 0 Å². The van der Waals surface area contributed by atoms with Crippen molar-refractivity contribution >= 4 is 15.9 Å². The number of hydrogen-bond acceptors (Lipinski definition) is 3. The van der Waals surface area contributed by atoms with E-state index in [1.54, 1.807) is 6.20 Å². The molecule has 0 saturated carbocycles. The minimum atomic E-state index is -0.133. The Balaban J connectivity index is 3.04. The summed E-state index contributed by atoms with van der Waals surface area (Å²) in [5.41, 5.74) is 13.3. The summed E-state index contributed by atoms with van der Waals surface area (Å²) in [4.78, 5) is 4.13. The Morgan fingerprint density at radius 2 is 2.33 bits per heavy atom. The SMILES string of the molecule is Cc1cnc(Br)c([C@@H](N)CN)c1.